The van der Waals surface area contributed by atoms with Crippen LogP contribution in [0.4, 0.5) is 0 Å². The van der Waals surface area contributed by atoms with Crippen LogP contribution in [-0.4, -0.2) is 28.9 Å². The first-order valence-corrected chi connectivity index (χ1v) is 4.48. The SMILES string of the molecule is CCCn1ccnc1C(=O)CNC. The van der Waals surface area contributed by atoms with Gasteiger partial charge in [-0.05, 0) is 13.5 Å². The Morgan fingerprint density at radius 2 is 2.46 bits per heavy atom. The van der Waals surface area contributed by atoms with Gasteiger partial charge in [-0.15, -0.1) is 0 Å². The lowest BCUT2D eigenvalue weighted by atomic mass is 10.3. The van der Waals surface area contributed by atoms with E-state index in [4.69, 9.17) is 0 Å². The first kappa shape index (κ1) is 9.92. The second-order valence-electron chi connectivity index (χ2n) is 2.90. The van der Waals surface area contributed by atoms with Crippen LogP contribution in [-0.2, 0) is 6.54 Å². The van der Waals surface area contributed by atoms with Crippen LogP contribution in [0.15, 0.2) is 12.4 Å². The summed E-state index contributed by atoms with van der Waals surface area (Å²) < 4.78 is 1.89. The number of rotatable bonds is 5. The van der Waals surface area contributed by atoms with E-state index in [9.17, 15) is 4.79 Å². The van der Waals surface area contributed by atoms with Crippen molar-refractivity contribution in [2.24, 2.45) is 0 Å². The summed E-state index contributed by atoms with van der Waals surface area (Å²) in [4.78, 5) is 15.5. The van der Waals surface area contributed by atoms with Gasteiger partial charge in [0.15, 0.2) is 5.82 Å². The van der Waals surface area contributed by atoms with Crippen molar-refractivity contribution in [1.29, 1.82) is 0 Å². The molecule has 4 heteroatoms. The summed E-state index contributed by atoms with van der Waals surface area (Å²) in [6, 6.07) is 0. The maximum Gasteiger partial charge on any atom is 0.211 e. The van der Waals surface area contributed by atoms with E-state index in [-0.39, 0.29) is 5.78 Å². The molecule has 0 fully saturated rings. The molecule has 0 saturated carbocycles. The molecule has 0 atom stereocenters. The minimum absolute atomic E-state index is 0.0425. The van der Waals surface area contributed by atoms with Crippen LogP contribution in [0, 0.1) is 0 Å². The summed E-state index contributed by atoms with van der Waals surface area (Å²) in [6.07, 6.45) is 4.52. The molecule has 0 aliphatic carbocycles. The van der Waals surface area contributed by atoms with E-state index in [0.29, 0.717) is 12.4 Å². The lowest BCUT2D eigenvalue weighted by molar-refractivity contribution is 0.0979. The molecular weight excluding hydrogens is 166 g/mol. The van der Waals surface area contributed by atoms with Gasteiger partial charge < -0.3 is 9.88 Å². The monoisotopic (exact) mass is 181 g/mol. The van der Waals surface area contributed by atoms with Crippen LogP contribution in [0.2, 0.25) is 0 Å². The third-order valence-electron chi connectivity index (χ3n) is 1.77. The van der Waals surface area contributed by atoms with Gasteiger partial charge in [-0.1, -0.05) is 6.92 Å². The van der Waals surface area contributed by atoms with Crippen molar-refractivity contribution in [2.75, 3.05) is 13.6 Å². The summed E-state index contributed by atoms with van der Waals surface area (Å²) in [6.45, 7) is 3.28. The van der Waals surface area contributed by atoms with E-state index in [1.165, 1.54) is 0 Å². The Labute approximate surface area is 78.0 Å². The van der Waals surface area contributed by atoms with Crippen LogP contribution in [0.25, 0.3) is 0 Å². The second kappa shape index (κ2) is 4.77. The molecule has 0 aliphatic rings. The number of likely N-dealkylation sites (N-methyl/N-ethyl adjacent to an activating group) is 1. The fourth-order valence-corrected chi connectivity index (χ4v) is 1.22. The highest BCUT2D eigenvalue weighted by Crippen LogP contribution is 1.99. The second-order valence-corrected chi connectivity index (χ2v) is 2.90. The fraction of sp³-hybridized carbons (Fsp3) is 0.556. The zero-order valence-corrected chi connectivity index (χ0v) is 8.08. The smallest absolute Gasteiger partial charge is 0.211 e. The van der Waals surface area contributed by atoms with Crippen LogP contribution in [0.1, 0.15) is 24.0 Å². The summed E-state index contributed by atoms with van der Waals surface area (Å²) in [5, 5.41) is 2.82. The number of hydrogen-bond donors (Lipinski definition) is 1. The summed E-state index contributed by atoms with van der Waals surface area (Å²) >= 11 is 0. The van der Waals surface area contributed by atoms with E-state index < -0.39 is 0 Å². The fourth-order valence-electron chi connectivity index (χ4n) is 1.22. The molecule has 4 nitrogen and oxygen atoms in total. The van der Waals surface area contributed by atoms with Crippen molar-refractivity contribution in [3.8, 4) is 0 Å². The lowest BCUT2D eigenvalue weighted by Crippen LogP contribution is -2.22. The Morgan fingerprint density at radius 3 is 3.08 bits per heavy atom. The number of nitrogens with one attached hydrogen (secondary N) is 1. The number of Topliss-reactive ketones (excluding diaryl/α,β-unsaturated/α-hetero) is 1. The molecule has 0 radical (unpaired) electrons. The molecule has 0 spiro atoms. The molecule has 0 aliphatic heterocycles. The highest BCUT2D eigenvalue weighted by atomic mass is 16.1. The minimum atomic E-state index is 0.0425. The lowest BCUT2D eigenvalue weighted by Gasteiger charge is -2.04. The van der Waals surface area contributed by atoms with E-state index >= 15 is 0 Å². The zero-order valence-electron chi connectivity index (χ0n) is 8.08. The topological polar surface area (TPSA) is 46.9 Å². The average molecular weight is 181 g/mol. The Morgan fingerprint density at radius 1 is 1.69 bits per heavy atom. The first-order chi connectivity index (χ1) is 6.29. The van der Waals surface area contributed by atoms with Crippen LogP contribution >= 0.6 is 0 Å². The summed E-state index contributed by atoms with van der Waals surface area (Å²) in [5.74, 6) is 0.595. The van der Waals surface area contributed by atoms with Gasteiger partial charge in [0, 0.05) is 18.9 Å². The maximum absolute atomic E-state index is 11.5. The molecule has 1 aromatic heterocycles. The molecule has 0 bridgehead atoms. The Kier molecular flexibility index (Phi) is 3.64. The minimum Gasteiger partial charge on any atom is -0.328 e. The molecule has 1 N–H and O–H groups in total. The predicted molar refractivity (Wildman–Crippen MR) is 50.8 cm³/mol. The molecule has 0 aromatic carbocycles. The highest BCUT2D eigenvalue weighted by Gasteiger charge is 2.10. The number of imidazole rings is 1. The normalized spacial score (nSPS) is 10.3. The van der Waals surface area contributed by atoms with Gasteiger partial charge >= 0.3 is 0 Å². The van der Waals surface area contributed by atoms with Crippen LogP contribution in [0.5, 0.6) is 0 Å². The van der Waals surface area contributed by atoms with E-state index in [0.717, 1.165) is 13.0 Å². The number of carbonyl (C=O) groups is 1. The number of carbonyl (C=O) groups excluding carboxylic acids is 1. The standard InChI is InChI=1S/C9H15N3O/c1-3-5-12-6-4-11-9(12)8(13)7-10-2/h4,6,10H,3,5,7H2,1-2H3. The first-order valence-electron chi connectivity index (χ1n) is 4.48. The van der Waals surface area contributed by atoms with Gasteiger partial charge in [-0.3, -0.25) is 4.79 Å². The number of aromatic nitrogens is 2. The van der Waals surface area contributed by atoms with E-state index in [1.54, 1.807) is 13.2 Å². The Bertz CT molecular complexity index is 280. The molecule has 1 aromatic rings. The molecule has 1 rings (SSSR count). The van der Waals surface area contributed by atoms with Crippen molar-refractivity contribution in [3.05, 3.63) is 18.2 Å². The van der Waals surface area contributed by atoms with Crippen molar-refractivity contribution in [2.45, 2.75) is 19.9 Å². The number of hydrogen-bond acceptors (Lipinski definition) is 3. The molecular formula is C9H15N3O. The van der Waals surface area contributed by atoms with Gasteiger partial charge in [-0.2, -0.15) is 0 Å². The average Bonchev–Trinajstić information content (AvgIpc) is 2.54. The molecule has 0 unspecified atom stereocenters. The molecule has 1 heterocycles. The Balaban J connectivity index is 2.74. The quantitative estimate of drug-likeness (QED) is 0.680. The zero-order chi connectivity index (χ0) is 9.68. The number of aryl methyl sites for hydroxylation is 1. The van der Waals surface area contributed by atoms with Gasteiger partial charge in [0.05, 0.1) is 6.54 Å². The van der Waals surface area contributed by atoms with E-state index in [2.05, 4.69) is 17.2 Å². The molecule has 0 saturated heterocycles. The van der Waals surface area contributed by atoms with Crippen LogP contribution < -0.4 is 5.32 Å². The van der Waals surface area contributed by atoms with Gasteiger partial charge in [0.25, 0.3) is 0 Å². The Hall–Kier alpha value is -1.16. The van der Waals surface area contributed by atoms with Crippen molar-refractivity contribution in [3.63, 3.8) is 0 Å². The third kappa shape index (κ3) is 2.39. The predicted octanol–water partition coefficient (Wildman–Crippen LogP) is 0.695. The highest BCUT2D eigenvalue weighted by molar-refractivity contribution is 5.94. The largest absolute Gasteiger partial charge is 0.328 e. The van der Waals surface area contributed by atoms with Crippen molar-refractivity contribution >= 4 is 5.78 Å². The molecule has 72 valence electrons. The van der Waals surface area contributed by atoms with Gasteiger partial charge in [0.2, 0.25) is 5.78 Å². The van der Waals surface area contributed by atoms with E-state index in [1.807, 2.05) is 10.8 Å². The van der Waals surface area contributed by atoms with Gasteiger partial charge in [0.1, 0.15) is 0 Å². The summed E-state index contributed by atoms with van der Waals surface area (Å²) in [5.41, 5.74) is 0. The van der Waals surface area contributed by atoms with Crippen molar-refractivity contribution < 1.29 is 4.79 Å². The summed E-state index contributed by atoms with van der Waals surface area (Å²) in [7, 11) is 1.75. The van der Waals surface area contributed by atoms with Crippen LogP contribution in [0.3, 0.4) is 0 Å². The number of ketones is 1. The van der Waals surface area contributed by atoms with Gasteiger partial charge in [-0.25, -0.2) is 4.98 Å². The molecule has 13 heavy (non-hydrogen) atoms. The maximum atomic E-state index is 11.5. The molecule has 0 amide bonds. The number of nitrogens with zero attached hydrogens (tertiary/aromatic N) is 2. The van der Waals surface area contributed by atoms with Crippen molar-refractivity contribution in [1.82, 2.24) is 14.9 Å². The third-order valence-corrected chi connectivity index (χ3v) is 1.77.